The number of nitrogens with one attached hydrogen (secondary N) is 1. The maximum absolute atomic E-state index is 11.3. The number of benzene rings is 1. The van der Waals surface area contributed by atoms with Crippen LogP contribution in [0, 0.1) is 10.1 Å². The highest BCUT2D eigenvalue weighted by atomic mass is 35.5. The first kappa shape index (κ1) is 15.2. The second-order valence-corrected chi connectivity index (χ2v) is 7.58. The SMILES string of the molecule is O=[N+]([O-])c1cc(Cl)ccc1CNC1CCS(=O)(=O)CC1. The third-order valence-corrected chi connectivity index (χ3v) is 5.33. The topological polar surface area (TPSA) is 89.3 Å². The van der Waals surface area contributed by atoms with E-state index in [0.717, 1.165) is 0 Å². The Balaban J connectivity index is 2.00. The highest BCUT2D eigenvalue weighted by Crippen LogP contribution is 2.23. The van der Waals surface area contributed by atoms with E-state index in [1.165, 1.54) is 6.07 Å². The molecular weight excluding hydrogens is 304 g/mol. The van der Waals surface area contributed by atoms with Crippen molar-refractivity contribution in [2.75, 3.05) is 11.5 Å². The lowest BCUT2D eigenvalue weighted by atomic mass is 10.1. The number of sulfone groups is 1. The first-order valence-corrected chi connectivity index (χ1v) is 8.44. The maximum atomic E-state index is 11.3. The van der Waals surface area contributed by atoms with Crippen molar-refractivity contribution >= 4 is 27.1 Å². The molecule has 2 rings (SSSR count). The van der Waals surface area contributed by atoms with E-state index in [-0.39, 0.29) is 23.2 Å². The van der Waals surface area contributed by atoms with Crippen LogP contribution in [0.1, 0.15) is 18.4 Å². The zero-order valence-corrected chi connectivity index (χ0v) is 12.3. The molecule has 0 radical (unpaired) electrons. The number of nitro groups is 1. The van der Waals surface area contributed by atoms with E-state index >= 15 is 0 Å². The van der Waals surface area contributed by atoms with E-state index in [4.69, 9.17) is 11.6 Å². The van der Waals surface area contributed by atoms with Crippen molar-refractivity contribution in [1.82, 2.24) is 5.32 Å². The molecule has 1 fully saturated rings. The van der Waals surface area contributed by atoms with Gasteiger partial charge in [0.05, 0.1) is 16.4 Å². The molecule has 1 saturated heterocycles. The van der Waals surface area contributed by atoms with Crippen LogP contribution in [0.2, 0.25) is 5.02 Å². The zero-order valence-electron chi connectivity index (χ0n) is 10.7. The predicted molar refractivity (Wildman–Crippen MR) is 76.6 cm³/mol. The van der Waals surface area contributed by atoms with Crippen LogP contribution in [-0.4, -0.2) is 30.9 Å². The largest absolute Gasteiger partial charge is 0.310 e. The van der Waals surface area contributed by atoms with Crippen LogP contribution in [0.3, 0.4) is 0 Å². The molecule has 0 spiro atoms. The van der Waals surface area contributed by atoms with Crippen molar-refractivity contribution in [3.05, 3.63) is 38.9 Å². The maximum Gasteiger partial charge on any atom is 0.275 e. The van der Waals surface area contributed by atoms with Crippen LogP contribution in [0.25, 0.3) is 0 Å². The summed E-state index contributed by atoms with van der Waals surface area (Å²) < 4.78 is 22.6. The van der Waals surface area contributed by atoms with Crippen molar-refractivity contribution in [2.45, 2.75) is 25.4 Å². The lowest BCUT2D eigenvalue weighted by Gasteiger charge is -2.23. The molecule has 0 aliphatic carbocycles. The average molecular weight is 319 g/mol. The fraction of sp³-hybridized carbons (Fsp3) is 0.500. The van der Waals surface area contributed by atoms with Gasteiger partial charge >= 0.3 is 0 Å². The van der Waals surface area contributed by atoms with Gasteiger partial charge in [-0.05, 0) is 25.0 Å². The Kier molecular flexibility index (Phi) is 4.62. The molecule has 0 amide bonds. The van der Waals surface area contributed by atoms with Gasteiger partial charge in [-0.3, -0.25) is 10.1 Å². The molecule has 0 unspecified atom stereocenters. The van der Waals surface area contributed by atoms with Gasteiger partial charge in [-0.15, -0.1) is 0 Å². The minimum absolute atomic E-state index is 0.0200. The summed E-state index contributed by atoms with van der Waals surface area (Å²) in [7, 11) is -2.89. The summed E-state index contributed by atoms with van der Waals surface area (Å²) in [6.45, 7) is 0.332. The van der Waals surface area contributed by atoms with Crippen LogP contribution in [0.15, 0.2) is 18.2 Å². The highest BCUT2D eigenvalue weighted by molar-refractivity contribution is 7.91. The fourth-order valence-electron chi connectivity index (χ4n) is 2.20. The molecule has 8 heteroatoms. The van der Waals surface area contributed by atoms with Crippen LogP contribution in [-0.2, 0) is 16.4 Å². The fourth-order valence-corrected chi connectivity index (χ4v) is 3.86. The number of hydrogen-bond donors (Lipinski definition) is 1. The van der Waals surface area contributed by atoms with Crippen molar-refractivity contribution in [1.29, 1.82) is 0 Å². The second-order valence-electron chi connectivity index (χ2n) is 4.84. The molecular formula is C12H15ClN2O4S. The van der Waals surface area contributed by atoms with E-state index < -0.39 is 14.8 Å². The van der Waals surface area contributed by atoms with Crippen molar-refractivity contribution in [3.63, 3.8) is 0 Å². The number of nitro benzene ring substituents is 1. The molecule has 110 valence electrons. The van der Waals surface area contributed by atoms with Gasteiger partial charge in [0.15, 0.2) is 0 Å². The number of rotatable bonds is 4. The van der Waals surface area contributed by atoms with Crippen molar-refractivity contribution in [2.24, 2.45) is 0 Å². The Morgan fingerprint density at radius 1 is 1.35 bits per heavy atom. The van der Waals surface area contributed by atoms with Gasteiger partial charge in [0.25, 0.3) is 5.69 Å². The Labute approximate surface area is 122 Å². The van der Waals surface area contributed by atoms with Crippen molar-refractivity contribution in [3.8, 4) is 0 Å². The Morgan fingerprint density at radius 3 is 2.60 bits per heavy atom. The molecule has 1 N–H and O–H groups in total. The van der Waals surface area contributed by atoms with E-state index in [1.807, 2.05) is 0 Å². The van der Waals surface area contributed by atoms with Crippen LogP contribution in [0.4, 0.5) is 5.69 Å². The summed E-state index contributed by atoms with van der Waals surface area (Å²) in [5.41, 5.74) is 0.529. The van der Waals surface area contributed by atoms with E-state index in [2.05, 4.69) is 5.32 Å². The normalized spacial score (nSPS) is 18.9. The summed E-state index contributed by atoms with van der Waals surface area (Å²) in [4.78, 5) is 10.5. The lowest BCUT2D eigenvalue weighted by Crippen LogP contribution is -2.37. The van der Waals surface area contributed by atoms with E-state index in [1.54, 1.807) is 12.1 Å². The summed E-state index contributed by atoms with van der Waals surface area (Å²) in [6.07, 6.45) is 1.09. The van der Waals surface area contributed by atoms with Gasteiger partial charge in [-0.2, -0.15) is 0 Å². The molecule has 1 aliphatic heterocycles. The molecule has 6 nitrogen and oxygen atoms in total. The third kappa shape index (κ3) is 3.91. The Hall–Kier alpha value is -1.18. The summed E-state index contributed by atoms with van der Waals surface area (Å²) >= 11 is 5.75. The van der Waals surface area contributed by atoms with Gasteiger partial charge < -0.3 is 5.32 Å². The minimum Gasteiger partial charge on any atom is -0.310 e. The minimum atomic E-state index is -2.89. The number of hydrogen-bond acceptors (Lipinski definition) is 5. The van der Waals surface area contributed by atoms with Gasteiger partial charge in [0.1, 0.15) is 9.84 Å². The van der Waals surface area contributed by atoms with Gasteiger partial charge in [0, 0.05) is 29.2 Å². The van der Waals surface area contributed by atoms with Crippen LogP contribution < -0.4 is 5.32 Å². The van der Waals surface area contributed by atoms with Crippen molar-refractivity contribution < 1.29 is 13.3 Å². The number of nitrogens with zero attached hydrogens (tertiary/aromatic N) is 1. The predicted octanol–water partition coefficient (Wildman–Crippen LogP) is 1.91. The highest BCUT2D eigenvalue weighted by Gasteiger charge is 2.24. The molecule has 1 heterocycles. The quantitative estimate of drug-likeness (QED) is 0.676. The molecule has 20 heavy (non-hydrogen) atoms. The molecule has 1 aromatic carbocycles. The molecule has 0 bridgehead atoms. The monoisotopic (exact) mass is 318 g/mol. The average Bonchev–Trinajstić information content (AvgIpc) is 2.38. The Morgan fingerprint density at radius 2 is 2.00 bits per heavy atom. The first-order valence-electron chi connectivity index (χ1n) is 6.24. The van der Waals surface area contributed by atoms with Gasteiger partial charge in [-0.25, -0.2) is 8.42 Å². The second kappa shape index (κ2) is 6.07. The summed E-state index contributed by atoms with van der Waals surface area (Å²) in [6, 6.07) is 4.63. The summed E-state index contributed by atoms with van der Waals surface area (Å²) in [5, 5.41) is 14.5. The van der Waals surface area contributed by atoms with Crippen LogP contribution in [0.5, 0.6) is 0 Å². The van der Waals surface area contributed by atoms with E-state index in [0.29, 0.717) is 30.0 Å². The first-order chi connectivity index (χ1) is 9.37. The lowest BCUT2D eigenvalue weighted by molar-refractivity contribution is -0.385. The molecule has 1 aromatic rings. The number of halogens is 1. The Bertz CT molecular complexity index is 604. The smallest absolute Gasteiger partial charge is 0.275 e. The molecule has 1 aliphatic rings. The molecule has 0 saturated carbocycles. The standard InChI is InChI=1S/C12H15ClN2O4S/c13-10-2-1-9(12(7-10)15(16)17)8-14-11-3-5-20(18,19)6-4-11/h1-2,7,11,14H,3-6,8H2. The van der Waals surface area contributed by atoms with Crippen LogP contribution >= 0.6 is 11.6 Å². The van der Waals surface area contributed by atoms with Gasteiger partial charge in [0.2, 0.25) is 0 Å². The molecule has 0 atom stereocenters. The summed E-state index contributed by atoms with van der Waals surface area (Å²) in [5.74, 6) is 0.348. The van der Waals surface area contributed by atoms with Gasteiger partial charge in [-0.1, -0.05) is 11.6 Å². The third-order valence-electron chi connectivity index (χ3n) is 3.38. The molecule has 0 aromatic heterocycles. The van der Waals surface area contributed by atoms with E-state index in [9.17, 15) is 18.5 Å². The zero-order chi connectivity index (χ0) is 14.8.